The smallest absolute Gasteiger partial charge is 0.265 e. The topological polar surface area (TPSA) is 61.9 Å². The third-order valence-corrected chi connectivity index (χ3v) is 3.92. The van der Waals surface area contributed by atoms with Gasteiger partial charge in [0.05, 0.1) is 5.69 Å². The van der Waals surface area contributed by atoms with Crippen molar-refractivity contribution in [2.75, 3.05) is 37.7 Å². The molecule has 2 heterocycles. The van der Waals surface area contributed by atoms with E-state index in [1.165, 1.54) is 4.90 Å². The maximum absolute atomic E-state index is 12.5. The third kappa shape index (κ3) is 2.71. The van der Waals surface area contributed by atoms with Gasteiger partial charge in [0.1, 0.15) is 12.3 Å². The molecule has 0 unspecified atom stereocenters. The molecule has 112 valence electrons. The third-order valence-electron chi connectivity index (χ3n) is 3.92. The number of fused-ring (bicyclic) bond motifs is 1. The average Bonchev–Trinajstić information content (AvgIpc) is 2.50. The molecular weight excluding hydrogens is 270 g/mol. The summed E-state index contributed by atoms with van der Waals surface area (Å²) in [6.45, 7) is 4.34. The number of piperazine rings is 1. The van der Waals surface area contributed by atoms with Crippen LogP contribution in [0.25, 0.3) is 0 Å². The molecule has 3 rings (SSSR count). The molecule has 21 heavy (non-hydrogen) atoms. The van der Waals surface area contributed by atoms with E-state index in [9.17, 15) is 9.59 Å². The van der Waals surface area contributed by atoms with Gasteiger partial charge in [0.2, 0.25) is 5.91 Å². The van der Waals surface area contributed by atoms with Crippen molar-refractivity contribution in [3.05, 3.63) is 24.3 Å². The van der Waals surface area contributed by atoms with Crippen LogP contribution >= 0.6 is 0 Å². The lowest BCUT2D eigenvalue weighted by Gasteiger charge is -2.36. The van der Waals surface area contributed by atoms with E-state index >= 15 is 0 Å². The van der Waals surface area contributed by atoms with Crippen LogP contribution in [0.4, 0.5) is 5.69 Å². The quantitative estimate of drug-likeness (QED) is 0.847. The summed E-state index contributed by atoms with van der Waals surface area (Å²) in [5.74, 6) is 0.456. The second-order valence-corrected chi connectivity index (χ2v) is 5.38. The Hall–Kier alpha value is -2.08. The largest absolute Gasteiger partial charge is 0.482 e. The van der Waals surface area contributed by atoms with Gasteiger partial charge >= 0.3 is 0 Å². The molecule has 2 aliphatic rings. The Morgan fingerprint density at radius 1 is 1.43 bits per heavy atom. The summed E-state index contributed by atoms with van der Waals surface area (Å²) in [5.41, 5.74) is 0.671. The predicted molar refractivity (Wildman–Crippen MR) is 78.3 cm³/mol. The van der Waals surface area contributed by atoms with E-state index in [2.05, 4.69) is 5.32 Å². The van der Waals surface area contributed by atoms with Crippen LogP contribution in [0, 0.1) is 0 Å². The SMILES string of the molecule is C[C@@H]1CNCCN1C(=O)CN1C(=O)COc2ccccc21. The zero-order chi connectivity index (χ0) is 14.8. The molecule has 1 aromatic carbocycles. The number of anilines is 1. The molecule has 1 saturated heterocycles. The van der Waals surface area contributed by atoms with E-state index in [0.29, 0.717) is 18.0 Å². The Kier molecular flexibility index (Phi) is 3.79. The summed E-state index contributed by atoms with van der Waals surface area (Å²) in [6, 6.07) is 7.46. The Morgan fingerprint density at radius 2 is 2.24 bits per heavy atom. The van der Waals surface area contributed by atoms with Gasteiger partial charge in [-0.1, -0.05) is 12.1 Å². The molecule has 0 bridgehead atoms. The molecule has 1 aromatic rings. The van der Waals surface area contributed by atoms with Gasteiger partial charge in [0, 0.05) is 25.7 Å². The number of para-hydroxylation sites is 2. The van der Waals surface area contributed by atoms with Crippen LogP contribution in [0.2, 0.25) is 0 Å². The van der Waals surface area contributed by atoms with E-state index in [1.54, 1.807) is 6.07 Å². The molecule has 0 aromatic heterocycles. The molecule has 1 fully saturated rings. The van der Waals surface area contributed by atoms with Crippen molar-refractivity contribution < 1.29 is 14.3 Å². The normalized spacial score (nSPS) is 21.8. The monoisotopic (exact) mass is 289 g/mol. The standard InChI is InChI=1S/C15H19N3O3/c1-11-8-16-6-7-17(11)14(19)9-18-12-4-2-3-5-13(12)21-10-15(18)20/h2-5,11,16H,6-10H2,1H3/t11-/m1/s1. The number of benzene rings is 1. The molecule has 2 aliphatic heterocycles. The number of amides is 2. The van der Waals surface area contributed by atoms with E-state index < -0.39 is 0 Å². The van der Waals surface area contributed by atoms with Crippen molar-refractivity contribution in [1.82, 2.24) is 10.2 Å². The summed E-state index contributed by atoms with van der Waals surface area (Å²) >= 11 is 0. The Balaban J connectivity index is 1.77. The highest BCUT2D eigenvalue weighted by atomic mass is 16.5. The second kappa shape index (κ2) is 5.73. The van der Waals surface area contributed by atoms with Crippen molar-refractivity contribution in [2.24, 2.45) is 0 Å². The van der Waals surface area contributed by atoms with Crippen molar-refractivity contribution in [2.45, 2.75) is 13.0 Å². The number of hydrogen-bond acceptors (Lipinski definition) is 4. The van der Waals surface area contributed by atoms with Gasteiger partial charge < -0.3 is 15.0 Å². The molecule has 0 radical (unpaired) electrons. The number of carbonyl (C=O) groups is 2. The maximum Gasteiger partial charge on any atom is 0.265 e. The van der Waals surface area contributed by atoms with E-state index in [0.717, 1.165) is 13.1 Å². The summed E-state index contributed by atoms with van der Waals surface area (Å²) in [7, 11) is 0. The van der Waals surface area contributed by atoms with E-state index in [-0.39, 0.29) is 31.0 Å². The Morgan fingerprint density at radius 3 is 3.05 bits per heavy atom. The summed E-state index contributed by atoms with van der Waals surface area (Å²) in [6.07, 6.45) is 0. The highest BCUT2D eigenvalue weighted by molar-refractivity contribution is 6.02. The van der Waals surface area contributed by atoms with E-state index in [4.69, 9.17) is 4.74 Å². The van der Waals surface area contributed by atoms with Crippen LogP contribution < -0.4 is 15.0 Å². The molecule has 0 spiro atoms. The molecule has 1 N–H and O–H groups in total. The lowest BCUT2D eigenvalue weighted by Crippen LogP contribution is -2.55. The Bertz CT molecular complexity index is 561. The molecule has 6 heteroatoms. The fraction of sp³-hybridized carbons (Fsp3) is 0.467. The number of rotatable bonds is 2. The van der Waals surface area contributed by atoms with Crippen LogP contribution in [-0.4, -0.2) is 55.5 Å². The minimum atomic E-state index is -0.176. The lowest BCUT2D eigenvalue weighted by atomic mass is 10.2. The predicted octanol–water partition coefficient (Wildman–Crippen LogP) is 0.232. The summed E-state index contributed by atoms with van der Waals surface area (Å²) < 4.78 is 5.39. The first kappa shape index (κ1) is 13.9. The fourth-order valence-corrected chi connectivity index (χ4v) is 2.76. The van der Waals surface area contributed by atoms with Gasteiger partial charge in [0.15, 0.2) is 6.61 Å². The fourth-order valence-electron chi connectivity index (χ4n) is 2.76. The van der Waals surface area contributed by atoms with Crippen molar-refractivity contribution in [3.63, 3.8) is 0 Å². The zero-order valence-corrected chi connectivity index (χ0v) is 12.0. The van der Waals surface area contributed by atoms with Gasteiger partial charge in [-0.25, -0.2) is 0 Å². The number of hydrogen-bond donors (Lipinski definition) is 1. The van der Waals surface area contributed by atoms with E-state index in [1.807, 2.05) is 30.0 Å². The number of nitrogens with one attached hydrogen (secondary N) is 1. The van der Waals surface area contributed by atoms with Crippen molar-refractivity contribution in [3.8, 4) is 5.75 Å². The van der Waals surface area contributed by atoms with Gasteiger partial charge in [-0.15, -0.1) is 0 Å². The Labute approximate surface area is 123 Å². The average molecular weight is 289 g/mol. The molecule has 0 saturated carbocycles. The van der Waals surface area contributed by atoms with Crippen LogP contribution in [0.3, 0.4) is 0 Å². The zero-order valence-electron chi connectivity index (χ0n) is 12.0. The van der Waals surface area contributed by atoms with Crippen molar-refractivity contribution >= 4 is 17.5 Å². The maximum atomic E-state index is 12.5. The molecular formula is C15H19N3O3. The number of nitrogens with zero attached hydrogens (tertiary/aromatic N) is 2. The van der Waals surface area contributed by atoms with Crippen LogP contribution in [0.5, 0.6) is 5.75 Å². The lowest BCUT2D eigenvalue weighted by molar-refractivity contribution is -0.134. The first-order chi connectivity index (χ1) is 10.2. The van der Waals surface area contributed by atoms with Crippen LogP contribution in [-0.2, 0) is 9.59 Å². The molecule has 2 amide bonds. The molecule has 0 aliphatic carbocycles. The first-order valence-corrected chi connectivity index (χ1v) is 7.19. The summed E-state index contributed by atoms with van der Waals surface area (Å²) in [4.78, 5) is 27.9. The number of ether oxygens (including phenoxy) is 1. The second-order valence-electron chi connectivity index (χ2n) is 5.38. The van der Waals surface area contributed by atoms with Crippen LogP contribution in [0.15, 0.2) is 24.3 Å². The molecule has 1 atom stereocenters. The van der Waals surface area contributed by atoms with Crippen LogP contribution in [0.1, 0.15) is 6.92 Å². The van der Waals surface area contributed by atoms with Gasteiger partial charge in [0.25, 0.3) is 5.91 Å². The highest BCUT2D eigenvalue weighted by Crippen LogP contribution is 2.31. The van der Waals surface area contributed by atoms with Gasteiger partial charge in [-0.3, -0.25) is 14.5 Å². The first-order valence-electron chi connectivity index (χ1n) is 7.19. The minimum absolute atomic E-state index is 0.0125. The number of carbonyl (C=O) groups excluding carboxylic acids is 2. The van der Waals surface area contributed by atoms with Gasteiger partial charge in [-0.05, 0) is 19.1 Å². The minimum Gasteiger partial charge on any atom is -0.482 e. The summed E-state index contributed by atoms with van der Waals surface area (Å²) in [5, 5.41) is 3.25. The van der Waals surface area contributed by atoms with Gasteiger partial charge in [-0.2, -0.15) is 0 Å². The molecule has 6 nitrogen and oxygen atoms in total. The highest BCUT2D eigenvalue weighted by Gasteiger charge is 2.30. The van der Waals surface area contributed by atoms with Crippen molar-refractivity contribution in [1.29, 1.82) is 0 Å².